The van der Waals surface area contributed by atoms with Gasteiger partial charge in [0.2, 0.25) is 0 Å². The van der Waals surface area contributed by atoms with Gasteiger partial charge in [-0.3, -0.25) is 4.79 Å². The van der Waals surface area contributed by atoms with Crippen molar-refractivity contribution in [3.05, 3.63) is 34.3 Å². The lowest BCUT2D eigenvalue weighted by Crippen LogP contribution is -2.31. The molecule has 0 spiro atoms. The summed E-state index contributed by atoms with van der Waals surface area (Å²) in [5, 5.41) is 12.4. The first kappa shape index (κ1) is 26.0. The van der Waals surface area contributed by atoms with E-state index in [9.17, 15) is 18.0 Å². The molecule has 0 saturated carbocycles. The molecule has 1 aromatic heterocycles. The molecule has 1 aromatic carbocycles. The van der Waals surface area contributed by atoms with E-state index in [4.69, 9.17) is 5.11 Å². The van der Waals surface area contributed by atoms with Gasteiger partial charge < -0.3 is 15.3 Å². The van der Waals surface area contributed by atoms with Crippen LogP contribution in [0.2, 0.25) is 0 Å². The summed E-state index contributed by atoms with van der Waals surface area (Å²) < 4.78 is 39.7. The molecule has 0 amide bonds. The van der Waals surface area contributed by atoms with E-state index in [1.165, 1.54) is 6.92 Å². The fourth-order valence-electron chi connectivity index (χ4n) is 3.60. The molecule has 1 heterocycles. The maximum Gasteiger partial charge on any atom is 0.434 e. The number of carbonyl (C=O) groups is 1. The van der Waals surface area contributed by atoms with Gasteiger partial charge in [0.15, 0.2) is 10.8 Å². The normalized spacial score (nSPS) is 13.0. The highest BCUT2D eigenvalue weighted by Crippen LogP contribution is 2.39. The lowest BCUT2D eigenvalue weighted by Gasteiger charge is -2.31. The topological polar surface area (TPSA) is 65.5 Å². The lowest BCUT2D eigenvalue weighted by molar-refractivity contribution is -0.141. The van der Waals surface area contributed by atoms with Crippen molar-refractivity contribution in [1.29, 1.82) is 0 Å². The minimum absolute atomic E-state index is 0.0327. The largest absolute Gasteiger partial charge is 0.481 e. The second-order valence-electron chi connectivity index (χ2n) is 9.01. The Morgan fingerprint density at radius 1 is 1.16 bits per heavy atom. The molecule has 2 N–H and O–H groups in total. The number of anilines is 3. The maximum atomic E-state index is 13.2. The molecule has 5 nitrogen and oxygen atoms in total. The first-order valence-electron chi connectivity index (χ1n) is 10.7. The number of benzene rings is 1. The fraction of sp³-hybridized carbons (Fsp3) is 0.565. The van der Waals surface area contributed by atoms with E-state index < -0.39 is 17.8 Å². The highest BCUT2D eigenvalue weighted by molar-refractivity contribution is 7.15. The molecule has 32 heavy (non-hydrogen) atoms. The predicted octanol–water partition coefficient (Wildman–Crippen LogP) is 6.91. The summed E-state index contributed by atoms with van der Waals surface area (Å²) in [6.07, 6.45) is -4.54. The van der Waals surface area contributed by atoms with E-state index in [1.807, 2.05) is 25.1 Å². The molecule has 1 atom stereocenters. The van der Waals surface area contributed by atoms with Gasteiger partial charge in [0, 0.05) is 18.0 Å². The van der Waals surface area contributed by atoms with Crippen molar-refractivity contribution in [2.24, 2.45) is 11.8 Å². The summed E-state index contributed by atoms with van der Waals surface area (Å²) in [5.74, 6) is -0.380. The second kappa shape index (κ2) is 10.6. The van der Waals surface area contributed by atoms with E-state index in [-0.39, 0.29) is 22.3 Å². The summed E-state index contributed by atoms with van der Waals surface area (Å²) in [6.45, 7) is 13.2. The van der Waals surface area contributed by atoms with Gasteiger partial charge in [-0.25, -0.2) is 4.98 Å². The summed E-state index contributed by atoms with van der Waals surface area (Å²) in [6, 6.07) is 5.66. The number of hydrogen-bond donors (Lipinski definition) is 2. The molecule has 0 aliphatic rings. The van der Waals surface area contributed by atoms with E-state index in [0.717, 1.165) is 35.7 Å². The zero-order valence-electron chi connectivity index (χ0n) is 19.4. The van der Waals surface area contributed by atoms with Crippen LogP contribution in [0.3, 0.4) is 0 Å². The maximum absolute atomic E-state index is 13.2. The van der Waals surface area contributed by atoms with Crippen molar-refractivity contribution in [2.75, 3.05) is 23.3 Å². The van der Waals surface area contributed by atoms with E-state index in [0.29, 0.717) is 17.5 Å². The standard InChI is InChI=1S/C23H32F3N3O2S/c1-13(2)11-29(12-14(3)4)19-8-7-17(15(5)9-20(30)31)10-18(19)27-22-28-21(16(6)32-22)23(24,25)26/h7-8,10,13-15H,9,11-12H2,1-6H3,(H,27,28)(H,30,31). The Morgan fingerprint density at radius 3 is 2.22 bits per heavy atom. The number of thiazole rings is 1. The van der Waals surface area contributed by atoms with Crippen molar-refractivity contribution < 1.29 is 23.1 Å². The summed E-state index contributed by atoms with van der Waals surface area (Å²) in [5.41, 5.74) is 1.41. The number of rotatable bonds is 10. The zero-order chi connectivity index (χ0) is 24.2. The SMILES string of the molecule is Cc1sc(Nc2cc(C(C)CC(=O)O)ccc2N(CC(C)C)CC(C)C)nc1C(F)(F)F. The van der Waals surface area contributed by atoms with Gasteiger partial charge >= 0.3 is 12.1 Å². The number of halogens is 3. The molecule has 0 radical (unpaired) electrons. The Labute approximate surface area is 191 Å². The van der Waals surface area contributed by atoms with Crippen molar-refractivity contribution >= 4 is 33.8 Å². The first-order valence-corrected chi connectivity index (χ1v) is 11.5. The minimum Gasteiger partial charge on any atom is -0.481 e. The Kier molecular flexibility index (Phi) is 8.56. The molecule has 178 valence electrons. The molecular weight excluding hydrogens is 439 g/mol. The van der Waals surface area contributed by atoms with Crippen LogP contribution in [0.4, 0.5) is 29.7 Å². The summed E-state index contributed by atoms with van der Waals surface area (Å²) in [4.78, 5) is 17.3. The summed E-state index contributed by atoms with van der Waals surface area (Å²) in [7, 11) is 0. The second-order valence-corrected chi connectivity index (χ2v) is 10.2. The quantitative estimate of drug-likeness (QED) is 0.394. The van der Waals surface area contributed by atoms with Crippen LogP contribution in [0.15, 0.2) is 18.2 Å². The number of hydrogen-bond acceptors (Lipinski definition) is 5. The van der Waals surface area contributed by atoms with Gasteiger partial charge in [-0.1, -0.05) is 40.7 Å². The Morgan fingerprint density at radius 2 is 1.75 bits per heavy atom. The third-order valence-corrected chi connectivity index (χ3v) is 5.78. The molecule has 9 heteroatoms. The third-order valence-electron chi connectivity index (χ3n) is 4.89. The molecule has 0 bridgehead atoms. The van der Waals surface area contributed by atoms with E-state index >= 15 is 0 Å². The van der Waals surface area contributed by atoms with Crippen molar-refractivity contribution in [2.45, 2.75) is 60.1 Å². The highest BCUT2D eigenvalue weighted by Gasteiger charge is 2.36. The molecule has 0 aliphatic heterocycles. The van der Waals surface area contributed by atoms with Gasteiger partial charge in [-0.2, -0.15) is 13.2 Å². The number of aromatic nitrogens is 1. The van der Waals surface area contributed by atoms with Gasteiger partial charge in [0.05, 0.1) is 17.8 Å². The number of nitrogens with one attached hydrogen (secondary N) is 1. The summed E-state index contributed by atoms with van der Waals surface area (Å²) >= 11 is 0.954. The molecule has 0 aliphatic carbocycles. The molecule has 1 unspecified atom stereocenters. The van der Waals surface area contributed by atoms with Gasteiger partial charge in [-0.05, 0) is 42.4 Å². The van der Waals surface area contributed by atoms with Crippen LogP contribution in [0.25, 0.3) is 0 Å². The van der Waals surface area contributed by atoms with Crippen LogP contribution in [0.5, 0.6) is 0 Å². The number of carboxylic acids is 1. The lowest BCUT2D eigenvalue weighted by atomic mass is 9.96. The predicted molar refractivity (Wildman–Crippen MR) is 124 cm³/mol. The Hall–Kier alpha value is -2.29. The van der Waals surface area contributed by atoms with Crippen molar-refractivity contribution in [1.82, 2.24) is 4.98 Å². The monoisotopic (exact) mass is 471 g/mol. The molecule has 2 rings (SSSR count). The number of carboxylic acid groups (broad SMARTS) is 1. The Bertz CT molecular complexity index is 916. The van der Waals surface area contributed by atoms with Crippen LogP contribution in [-0.4, -0.2) is 29.1 Å². The number of nitrogens with zero attached hydrogens (tertiary/aromatic N) is 2. The number of alkyl halides is 3. The van der Waals surface area contributed by atoms with Gasteiger partial charge in [0.25, 0.3) is 0 Å². The van der Waals surface area contributed by atoms with E-state index in [1.54, 1.807) is 0 Å². The van der Waals surface area contributed by atoms with E-state index in [2.05, 4.69) is 42.9 Å². The average molecular weight is 472 g/mol. The van der Waals surface area contributed by atoms with Crippen LogP contribution in [-0.2, 0) is 11.0 Å². The first-order chi connectivity index (χ1) is 14.8. The third kappa shape index (κ3) is 7.12. The van der Waals surface area contributed by atoms with Crippen molar-refractivity contribution in [3.8, 4) is 0 Å². The molecule has 0 saturated heterocycles. The Balaban J connectivity index is 2.52. The van der Waals surface area contributed by atoms with Gasteiger partial charge in [0.1, 0.15) is 0 Å². The number of aliphatic carboxylic acids is 1. The van der Waals surface area contributed by atoms with Crippen LogP contribution >= 0.6 is 11.3 Å². The zero-order valence-corrected chi connectivity index (χ0v) is 20.2. The molecular formula is C23H32F3N3O2S. The van der Waals surface area contributed by atoms with Crippen LogP contribution in [0, 0.1) is 18.8 Å². The fourth-order valence-corrected chi connectivity index (χ4v) is 4.44. The molecule has 2 aromatic rings. The van der Waals surface area contributed by atoms with Crippen LogP contribution in [0.1, 0.15) is 63.1 Å². The van der Waals surface area contributed by atoms with Gasteiger partial charge in [-0.15, -0.1) is 11.3 Å². The average Bonchev–Trinajstić information content (AvgIpc) is 3.00. The smallest absolute Gasteiger partial charge is 0.434 e. The van der Waals surface area contributed by atoms with Crippen LogP contribution < -0.4 is 10.2 Å². The molecule has 0 fully saturated rings. The highest BCUT2D eigenvalue weighted by atomic mass is 32.1. The van der Waals surface area contributed by atoms with Crippen molar-refractivity contribution in [3.63, 3.8) is 0 Å². The minimum atomic E-state index is -4.51. The number of aryl methyl sites for hydroxylation is 1.